The number of ether oxygens (including phenoxy) is 2. The summed E-state index contributed by atoms with van der Waals surface area (Å²) in [4.78, 5) is 34.1. The molecule has 0 spiro atoms. The molecule has 0 bridgehead atoms. The van der Waals surface area contributed by atoms with Crippen molar-refractivity contribution in [3.63, 3.8) is 0 Å². The number of nitroso groups, excluding NO2 is 1. The van der Waals surface area contributed by atoms with E-state index in [0.717, 1.165) is 25.7 Å². The molecule has 0 aromatic heterocycles. The molecule has 0 saturated heterocycles. The quantitative estimate of drug-likeness (QED) is 0.597. The molecule has 1 N–H and O–H groups in total. The summed E-state index contributed by atoms with van der Waals surface area (Å²) in [6, 6.07) is -0.424. The number of alkyl carbamates (subject to hydrolysis) is 1. The first-order valence-corrected chi connectivity index (χ1v) is 8.12. The minimum atomic E-state index is -0.590. The van der Waals surface area contributed by atoms with Gasteiger partial charge in [0.15, 0.2) is 0 Å². The van der Waals surface area contributed by atoms with E-state index in [1.54, 1.807) is 20.8 Å². The topological polar surface area (TPSA) is 94.1 Å². The predicted molar refractivity (Wildman–Crippen MR) is 85.9 cm³/mol. The molecule has 1 fully saturated rings. The number of rotatable bonds is 6. The van der Waals surface area contributed by atoms with Gasteiger partial charge in [0.25, 0.3) is 0 Å². The number of amides is 1. The zero-order chi connectivity index (χ0) is 17.5. The Hall–Kier alpha value is -1.66. The van der Waals surface area contributed by atoms with Crippen LogP contribution in [0.4, 0.5) is 4.79 Å². The highest BCUT2D eigenvalue weighted by molar-refractivity contribution is 5.72. The van der Waals surface area contributed by atoms with Gasteiger partial charge < -0.3 is 14.8 Å². The number of nitrogens with one attached hydrogen (secondary N) is 1. The normalized spacial score (nSPS) is 22.8. The van der Waals surface area contributed by atoms with Gasteiger partial charge in [0.1, 0.15) is 5.60 Å². The lowest BCUT2D eigenvalue weighted by Crippen LogP contribution is -2.41. The van der Waals surface area contributed by atoms with Crippen molar-refractivity contribution in [2.24, 2.45) is 11.1 Å². The molecule has 0 heterocycles. The minimum absolute atomic E-state index is 0.0934. The lowest BCUT2D eigenvalue weighted by Gasteiger charge is -2.29. The van der Waals surface area contributed by atoms with Gasteiger partial charge in [-0.1, -0.05) is 5.18 Å². The molecule has 7 nitrogen and oxygen atoms in total. The van der Waals surface area contributed by atoms with E-state index in [-0.39, 0.29) is 24.5 Å². The first kappa shape index (κ1) is 19.4. The van der Waals surface area contributed by atoms with E-state index >= 15 is 0 Å². The van der Waals surface area contributed by atoms with Crippen molar-refractivity contribution in [2.75, 3.05) is 7.11 Å². The monoisotopic (exact) mass is 328 g/mol. The van der Waals surface area contributed by atoms with E-state index in [4.69, 9.17) is 9.47 Å². The van der Waals surface area contributed by atoms with Crippen LogP contribution >= 0.6 is 0 Å². The molecule has 7 heteroatoms. The summed E-state index contributed by atoms with van der Waals surface area (Å²) in [6.45, 7) is 5.36. The van der Waals surface area contributed by atoms with Crippen molar-refractivity contribution in [1.29, 1.82) is 0 Å². The van der Waals surface area contributed by atoms with E-state index in [9.17, 15) is 14.5 Å². The number of carbonyl (C=O) groups is 2. The van der Waals surface area contributed by atoms with Crippen molar-refractivity contribution in [2.45, 2.75) is 77.0 Å². The van der Waals surface area contributed by atoms with Gasteiger partial charge in [-0.25, -0.2) is 4.79 Å². The highest BCUT2D eigenvalue weighted by Gasteiger charge is 2.27. The Morgan fingerprint density at radius 3 is 2.30 bits per heavy atom. The molecule has 1 saturated carbocycles. The lowest BCUT2D eigenvalue weighted by atomic mass is 9.82. The van der Waals surface area contributed by atoms with Crippen LogP contribution in [0.25, 0.3) is 0 Å². The highest BCUT2D eigenvalue weighted by atomic mass is 16.6. The van der Waals surface area contributed by atoms with Crippen LogP contribution in [0.5, 0.6) is 0 Å². The van der Waals surface area contributed by atoms with Crippen LogP contribution < -0.4 is 5.32 Å². The Kier molecular flexibility index (Phi) is 7.45. The molecular formula is C16H28N2O5. The summed E-state index contributed by atoms with van der Waals surface area (Å²) in [5.74, 6) is -0.00750. The number of esters is 1. The Balaban J connectivity index is 2.56. The number of carbonyl (C=O) groups excluding carboxylic acids is 2. The molecule has 132 valence electrons. The van der Waals surface area contributed by atoms with E-state index in [0.29, 0.717) is 12.3 Å². The molecular weight excluding hydrogens is 300 g/mol. The van der Waals surface area contributed by atoms with Crippen LogP contribution in [0, 0.1) is 10.8 Å². The van der Waals surface area contributed by atoms with Crippen LogP contribution in [0.2, 0.25) is 0 Å². The largest absolute Gasteiger partial charge is 0.469 e. The van der Waals surface area contributed by atoms with Crippen molar-refractivity contribution < 1.29 is 19.1 Å². The summed E-state index contributed by atoms with van der Waals surface area (Å²) in [7, 11) is 1.33. The van der Waals surface area contributed by atoms with Crippen LogP contribution in [0.15, 0.2) is 5.18 Å². The van der Waals surface area contributed by atoms with Crippen molar-refractivity contribution in [3.05, 3.63) is 4.91 Å². The van der Waals surface area contributed by atoms with E-state index in [2.05, 4.69) is 10.5 Å². The Morgan fingerprint density at radius 1 is 1.22 bits per heavy atom. The Bertz CT molecular complexity index is 411. The third-order valence-corrected chi connectivity index (χ3v) is 3.94. The van der Waals surface area contributed by atoms with Gasteiger partial charge in [-0.2, -0.15) is 4.91 Å². The average molecular weight is 328 g/mol. The second kappa shape index (κ2) is 8.84. The molecule has 1 rings (SSSR count). The first-order valence-electron chi connectivity index (χ1n) is 8.12. The average Bonchev–Trinajstić information content (AvgIpc) is 2.45. The maximum absolute atomic E-state index is 11.9. The molecule has 1 amide bonds. The second-order valence-corrected chi connectivity index (χ2v) is 7.14. The molecule has 0 aromatic rings. The fourth-order valence-corrected chi connectivity index (χ4v) is 2.84. The van der Waals surface area contributed by atoms with Crippen molar-refractivity contribution in [3.8, 4) is 0 Å². The fourth-order valence-electron chi connectivity index (χ4n) is 2.84. The van der Waals surface area contributed by atoms with Crippen molar-refractivity contribution in [1.82, 2.24) is 5.32 Å². The summed E-state index contributed by atoms with van der Waals surface area (Å²) >= 11 is 0. The third-order valence-electron chi connectivity index (χ3n) is 3.94. The van der Waals surface area contributed by atoms with Crippen molar-refractivity contribution >= 4 is 12.1 Å². The molecule has 1 atom stereocenters. The van der Waals surface area contributed by atoms with Crippen LogP contribution in [0.3, 0.4) is 0 Å². The number of hydrogen-bond acceptors (Lipinski definition) is 6. The summed E-state index contributed by atoms with van der Waals surface area (Å²) in [6.07, 6.45) is 3.54. The lowest BCUT2D eigenvalue weighted by molar-refractivity contribution is -0.141. The number of hydrogen-bond donors (Lipinski definition) is 1. The fraction of sp³-hybridized carbons (Fsp3) is 0.875. The summed E-state index contributed by atoms with van der Waals surface area (Å²) in [5, 5.41) is 5.86. The second-order valence-electron chi connectivity index (χ2n) is 7.14. The third kappa shape index (κ3) is 7.95. The molecule has 1 aliphatic carbocycles. The van der Waals surface area contributed by atoms with Gasteiger partial charge in [0.2, 0.25) is 0 Å². The van der Waals surface area contributed by atoms with E-state index in [1.165, 1.54) is 7.11 Å². The van der Waals surface area contributed by atoms with Gasteiger partial charge in [-0.15, -0.1) is 0 Å². The zero-order valence-corrected chi connectivity index (χ0v) is 14.5. The molecule has 1 aliphatic rings. The highest BCUT2D eigenvalue weighted by Crippen LogP contribution is 2.30. The number of methoxy groups -OCH3 is 1. The molecule has 23 heavy (non-hydrogen) atoms. The number of nitrogens with zero attached hydrogens (tertiary/aromatic N) is 1. The maximum Gasteiger partial charge on any atom is 0.407 e. The molecule has 1 unspecified atom stereocenters. The van der Waals surface area contributed by atoms with E-state index < -0.39 is 11.7 Å². The van der Waals surface area contributed by atoms with Gasteiger partial charge in [-0.3, -0.25) is 4.79 Å². The van der Waals surface area contributed by atoms with Gasteiger partial charge in [0, 0.05) is 6.04 Å². The van der Waals surface area contributed by atoms with Crippen LogP contribution in [0.1, 0.15) is 59.3 Å². The molecule has 0 radical (unpaired) electrons. The standard InChI is InChI=1S/C16H28N2O5/c1-16(2,3)23-15(20)17-13(10-14(19)22-4)9-11-5-7-12(18-21)8-6-11/h11-13H,5-10H2,1-4H3,(H,17,20). The van der Waals surface area contributed by atoms with Gasteiger partial charge in [-0.05, 0) is 58.8 Å². The Labute approximate surface area is 137 Å². The van der Waals surface area contributed by atoms with Crippen LogP contribution in [-0.2, 0) is 14.3 Å². The minimum Gasteiger partial charge on any atom is -0.469 e. The first-order chi connectivity index (χ1) is 10.7. The van der Waals surface area contributed by atoms with Gasteiger partial charge in [0.05, 0.1) is 19.6 Å². The predicted octanol–water partition coefficient (Wildman–Crippen LogP) is 3.16. The summed E-state index contributed by atoms with van der Waals surface area (Å²) in [5.41, 5.74) is -0.590. The van der Waals surface area contributed by atoms with Crippen LogP contribution in [-0.4, -0.2) is 36.9 Å². The Morgan fingerprint density at radius 2 is 1.83 bits per heavy atom. The zero-order valence-electron chi connectivity index (χ0n) is 14.5. The van der Waals surface area contributed by atoms with E-state index in [1.807, 2.05) is 0 Å². The summed E-state index contributed by atoms with van der Waals surface area (Å²) < 4.78 is 9.95. The molecule has 0 aliphatic heterocycles. The smallest absolute Gasteiger partial charge is 0.407 e. The molecule has 0 aromatic carbocycles. The SMILES string of the molecule is COC(=O)CC(CC1CCC(N=O)CC1)NC(=O)OC(C)(C)C. The maximum atomic E-state index is 11.9. The van der Waals surface area contributed by atoms with Gasteiger partial charge >= 0.3 is 12.1 Å².